The van der Waals surface area contributed by atoms with E-state index in [4.69, 9.17) is 4.74 Å². The van der Waals surface area contributed by atoms with Gasteiger partial charge in [-0.15, -0.1) is 0 Å². The molecule has 2 aromatic rings. The van der Waals surface area contributed by atoms with E-state index in [1.807, 2.05) is 13.1 Å². The standard InChI is InChI=1S/C12H14N4O2/c1-3-16-7-9(6-15-16)4-11(17)10-5-12(18-2)14-8-13-10/h5-8H,3-4H2,1-2H3. The normalized spacial score (nSPS) is 10.3. The maximum Gasteiger partial charge on any atom is 0.216 e. The Morgan fingerprint density at radius 1 is 1.44 bits per heavy atom. The van der Waals surface area contributed by atoms with Gasteiger partial charge in [-0.1, -0.05) is 0 Å². The fourth-order valence-electron chi connectivity index (χ4n) is 1.55. The van der Waals surface area contributed by atoms with Crippen molar-refractivity contribution in [2.45, 2.75) is 19.9 Å². The van der Waals surface area contributed by atoms with Crippen molar-refractivity contribution in [1.29, 1.82) is 0 Å². The number of aromatic nitrogens is 4. The Bertz CT molecular complexity index is 551. The lowest BCUT2D eigenvalue weighted by atomic mass is 10.1. The predicted octanol–water partition coefficient (Wildman–Crippen LogP) is 1.13. The molecule has 0 aliphatic rings. The van der Waals surface area contributed by atoms with Crippen LogP contribution in [0.5, 0.6) is 5.88 Å². The van der Waals surface area contributed by atoms with Crippen LogP contribution in [-0.4, -0.2) is 32.6 Å². The molecule has 6 heteroatoms. The molecule has 0 N–H and O–H groups in total. The van der Waals surface area contributed by atoms with E-state index in [1.165, 1.54) is 19.5 Å². The molecule has 2 rings (SSSR count). The summed E-state index contributed by atoms with van der Waals surface area (Å²) in [6, 6.07) is 1.53. The lowest BCUT2D eigenvalue weighted by Gasteiger charge is -2.01. The Hall–Kier alpha value is -2.24. The van der Waals surface area contributed by atoms with Gasteiger partial charge in [0.15, 0.2) is 5.78 Å². The van der Waals surface area contributed by atoms with Gasteiger partial charge in [0.2, 0.25) is 5.88 Å². The van der Waals surface area contributed by atoms with Crippen LogP contribution in [0.3, 0.4) is 0 Å². The number of rotatable bonds is 5. The molecule has 6 nitrogen and oxygen atoms in total. The van der Waals surface area contributed by atoms with Gasteiger partial charge in [-0.25, -0.2) is 9.97 Å². The SMILES string of the molecule is CCn1cc(CC(=O)c2cc(OC)ncn2)cn1. The molecule has 0 aliphatic carbocycles. The second kappa shape index (κ2) is 5.39. The molecule has 0 amide bonds. The number of Topliss-reactive ketones (excluding diaryl/α,β-unsaturated/α-hetero) is 1. The maximum atomic E-state index is 12.0. The minimum absolute atomic E-state index is 0.0775. The molecule has 0 fully saturated rings. The lowest BCUT2D eigenvalue weighted by Crippen LogP contribution is -2.06. The monoisotopic (exact) mass is 246 g/mol. The van der Waals surface area contributed by atoms with Crippen molar-refractivity contribution in [2.24, 2.45) is 0 Å². The molecule has 18 heavy (non-hydrogen) atoms. The van der Waals surface area contributed by atoms with Gasteiger partial charge in [0, 0.05) is 25.2 Å². The van der Waals surface area contributed by atoms with Crippen molar-refractivity contribution in [2.75, 3.05) is 7.11 Å². The highest BCUT2D eigenvalue weighted by Gasteiger charge is 2.11. The summed E-state index contributed by atoms with van der Waals surface area (Å²) in [7, 11) is 1.50. The summed E-state index contributed by atoms with van der Waals surface area (Å²) in [6.45, 7) is 2.78. The number of aryl methyl sites for hydroxylation is 1. The van der Waals surface area contributed by atoms with Crippen LogP contribution in [0.1, 0.15) is 23.0 Å². The van der Waals surface area contributed by atoms with Crippen molar-refractivity contribution in [1.82, 2.24) is 19.7 Å². The first-order valence-corrected chi connectivity index (χ1v) is 5.63. The summed E-state index contributed by atoms with van der Waals surface area (Å²) >= 11 is 0. The third-order valence-corrected chi connectivity index (χ3v) is 2.51. The number of carbonyl (C=O) groups excluding carboxylic acids is 1. The van der Waals surface area contributed by atoms with Crippen molar-refractivity contribution in [3.8, 4) is 5.88 Å². The fourth-order valence-corrected chi connectivity index (χ4v) is 1.55. The Balaban J connectivity index is 2.11. The molecule has 2 aromatic heterocycles. The molecule has 94 valence electrons. The quantitative estimate of drug-likeness (QED) is 0.739. The molecule has 0 atom stereocenters. The van der Waals surface area contributed by atoms with Crippen LogP contribution in [0.2, 0.25) is 0 Å². The van der Waals surface area contributed by atoms with Crippen molar-refractivity contribution >= 4 is 5.78 Å². The van der Waals surface area contributed by atoms with E-state index in [-0.39, 0.29) is 12.2 Å². The number of hydrogen-bond donors (Lipinski definition) is 0. The molecular formula is C12H14N4O2. The summed E-state index contributed by atoms with van der Waals surface area (Å²) in [6.07, 6.45) is 5.15. The van der Waals surface area contributed by atoms with Gasteiger partial charge in [-0.05, 0) is 12.5 Å². The predicted molar refractivity (Wildman–Crippen MR) is 64.5 cm³/mol. The zero-order valence-electron chi connectivity index (χ0n) is 10.3. The molecule has 0 aromatic carbocycles. The first-order valence-electron chi connectivity index (χ1n) is 5.63. The van der Waals surface area contributed by atoms with Gasteiger partial charge in [0.05, 0.1) is 13.3 Å². The molecule has 0 saturated carbocycles. The van der Waals surface area contributed by atoms with E-state index in [0.29, 0.717) is 11.6 Å². The van der Waals surface area contributed by atoms with Crippen molar-refractivity contribution < 1.29 is 9.53 Å². The maximum absolute atomic E-state index is 12.0. The lowest BCUT2D eigenvalue weighted by molar-refractivity contribution is 0.0987. The van der Waals surface area contributed by atoms with Crippen LogP contribution >= 0.6 is 0 Å². The average Bonchev–Trinajstić information content (AvgIpc) is 2.86. The van der Waals surface area contributed by atoms with E-state index in [9.17, 15) is 4.79 Å². The Kier molecular flexibility index (Phi) is 3.66. The molecule has 0 aliphatic heterocycles. The van der Waals surface area contributed by atoms with Crippen LogP contribution in [0.25, 0.3) is 0 Å². The number of hydrogen-bond acceptors (Lipinski definition) is 5. The average molecular weight is 246 g/mol. The van der Waals surface area contributed by atoms with Gasteiger partial charge in [-0.3, -0.25) is 9.48 Å². The number of ether oxygens (including phenoxy) is 1. The molecule has 2 heterocycles. The highest BCUT2D eigenvalue weighted by molar-refractivity contribution is 5.95. The second-order valence-electron chi connectivity index (χ2n) is 3.75. The minimum Gasteiger partial charge on any atom is -0.481 e. The van der Waals surface area contributed by atoms with Crippen LogP contribution in [0.4, 0.5) is 0 Å². The van der Waals surface area contributed by atoms with Crippen molar-refractivity contribution in [3.05, 3.63) is 36.0 Å². The van der Waals surface area contributed by atoms with Gasteiger partial charge in [-0.2, -0.15) is 5.10 Å². The first-order chi connectivity index (χ1) is 8.72. The Morgan fingerprint density at radius 3 is 2.94 bits per heavy atom. The molecule has 0 radical (unpaired) electrons. The van der Waals surface area contributed by atoms with E-state index >= 15 is 0 Å². The van der Waals surface area contributed by atoms with Gasteiger partial charge in [0.1, 0.15) is 12.0 Å². The van der Waals surface area contributed by atoms with E-state index in [0.717, 1.165) is 12.1 Å². The molecule has 0 spiro atoms. The topological polar surface area (TPSA) is 69.9 Å². The Morgan fingerprint density at radius 2 is 2.28 bits per heavy atom. The summed E-state index contributed by atoms with van der Waals surface area (Å²) in [5, 5.41) is 4.12. The van der Waals surface area contributed by atoms with E-state index < -0.39 is 0 Å². The Labute approximate surface area is 105 Å². The summed E-state index contributed by atoms with van der Waals surface area (Å²) < 4.78 is 6.74. The zero-order valence-corrected chi connectivity index (χ0v) is 10.3. The first kappa shape index (κ1) is 12.2. The van der Waals surface area contributed by atoms with Gasteiger partial charge in [0.25, 0.3) is 0 Å². The molecule has 0 bridgehead atoms. The number of carbonyl (C=O) groups is 1. The second-order valence-corrected chi connectivity index (χ2v) is 3.75. The highest BCUT2D eigenvalue weighted by atomic mass is 16.5. The number of ketones is 1. The molecular weight excluding hydrogens is 232 g/mol. The molecule has 0 saturated heterocycles. The largest absolute Gasteiger partial charge is 0.481 e. The number of nitrogens with zero attached hydrogens (tertiary/aromatic N) is 4. The smallest absolute Gasteiger partial charge is 0.216 e. The number of methoxy groups -OCH3 is 1. The van der Waals surface area contributed by atoms with Gasteiger partial charge < -0.3 is 4.74 Å². The summed E-state index contributed by atoms with van der Waals surface area (Å²) in [5.41, 5.74) is 1.23. The van der Waals surface area contributed by atoms with E-state index in [1.54, 1.807) is 10.9 Å². The minimum atomic E-state index is -0.0775. The third-order valence-electron chi connectivity index (χ3n) is 2.51. The van der Waals surface area contributed by atoms with E-state index in [2.05, 4.69) is 15.1 Å². The van der Waals surface area contributed by atoms with Crippen LogP contribution in [0.15, 0.2) is 24.8 Å². The van der Waals surface area contributed by atoms with Gasteiger partial charge >= 0.3 is 0 Å². The summed E-state index contributed by atoms with van der Waals surface area (Å²) in [4.78, 5) is 19.8. The third kappa shape index (κ3) is 2.71. The van der Waals surface area contributed by atoms with Crippen LogP contribution < -0.4 is 4.74 Å². The zero-order chi connectivity index (χ0) is 13.0. The fraction of sp³-hybridized carbons (Fsp3) is 0.333. The van der Waals surface area contributed by atoms with Crippen LogP contribution in [0, 0.1) is 0 Å². The van der Waals surface area contributed by atoms with Crippen LogP contribution in [-0.2, 0) is 13.0 Å². The highest BCUT2D eigenvalue weighted by Crippen LogP contribution is 2.09. The summed E-state index contributed by atoms with van der Waals surface area (Å²) in [5.74, 6) is 0.309. The van der Waals surface area contributed by atoms with Crippen molar-refractivity contribution in [3.63, 3.8) is 0 Å². The molecule has 0 unspecified atom stereocenters.